The van der Waals surface area contributed by atoms with Gasteiger partial charge in [-0.2, -0.15) is 0 Å². The number of nitrogens with one attached hydrogen (secondary N) is 2. The summed E-state index contributed by atoms with van der Waals surface area (Å²) in [5.41, 5.74) is 1.58. The number of hydrogen-bond donors (Lipinski definition) is 2. The number of carbonyl (C=O) groups excluding carboxylic acids is 2. The summed E-state index contributed by atoms with van der Waals surface area (Å²) in [6.07, 6.45) is 1.25. The monoisotopic (exact) mass is 448 g/mol. The zero-order valence-electron chi connectivity index (χ0n) is 17.6. The molecule has 2 N–H and O–H groups in total. The van der Waals surface area contributed by atoms with Crippen molar-refractivity contribution in [2.75, 3.05) is 51.3 Å². The van der Waals surface area contributed by atoms with Crippen LogP contribution in [0.3, 0.4) is 0 Å². The van der Waals surface area contributed by atoms with Gasteiger partial charge in [-0.15, -0.1) is 10.2 Å². The smallest absolute Gasteiger partial charge is 0.317 e. The lowest BCUT2D eigenvalue weighted by Gasteiger charge is -2.35. The van der Waals surface area contributed by atoms with Gasteiger partial charge in [0.2, 0.25) is 11.0 Å². The van der Waals surface area contributed by atoms with Gasteiger partial charge >= 0.3 is 6.03 Å². The van der Waals surface area contributed by atoms with E-state index in [1.807, 2.05) is 19.1 Å². The van der Waals surface area contributed by atoms with Crippen molar-refractivity contribution in [1.82, 2.24) is 25.3 Å². The van der Waals surface area contributed by atoms with Gasteiger partial charge in [0, 0.05) is 38.6 Å². The number of amides is 3. The second-order valence-corrected chi connectivity index (χ2v) is 8.63. The number of hydrogen-bond acceptors (Lipinski definition) is 8. The maximum absolute atomic E-state index is 12.8. The first kappa shape index (κ1) is 21.7. The average Bonchev–Trinajstić information content (AvgIpc) is 3.46. The van der Waals surface area contributed by atoms with Crippen LogP contribution in [-0.2, 0) is 9.53 Å². The van der Waals surface area contributed by atoms with E-state index in [4.69, 9.17) is 9.15 Å². The summed E-state index contributed by atoms with van der Waals surface area (Å²) in [7, 11) is 0. The Balaban J connectivity index is 1.28. The highest BCUT2D eigenvalue weighted by Crippen LogP contribution is 2.24. The highest BCUT2D eigenvalue weighted by Gasteiger charge is 2.30. The molecule has 168 valence electrons. The van der Waals surface area contributed by atoms with Crippen molar-refractivity contribution in [1.29, 1.82) is 0 Å². The van der Waals surface area contributed by atoms with E-state index in [-0.39, 0.29) is 23.9 Å². The molecule has 0 bridgehead atoms. The Morgan fingerprint density at radius 2 is 2.00 bits per heavy atom. The van der Waals surface area contributed by atoms with E-state index >= 15 is 0 Å². The van der Waals surface area contributed by atoms with Gasteiger partial charge in [-0.25, -0.2) is 4.79 Å². The topological polar surface area (TPSA) is 113 Å². The third-order valence-corrected chi connectivity index (χ3v) is 6.37. The summed E-state index contributed by atoms with van der Waals surface area (Å²) in [6.45, 7) is 6.43. The zero-order valence-corrected chi connectivity index (χ0v) is 18.4. The van der Waals surface area contributed by atoms with Gasteiger partial charge in [-0.3, -0.25) is 9.69 Å². The molecule has 1 atom stereocenters. The molecule has 4 heterocycles. The molecular weight excluding hydrogens is 420 g/mol. The van der Waals surface area contributed by atoms with Crippen molar-refractivity contribution in [3.8, 4) is 0 Å². The molecule has 4 rings (SSSR count). The Hall–Kier alpha value is -2.50. The van der Waals surface area contributed by atoms with E-state index in [1.165, 1.54) is 11.3 Å². The van der Waals surface area contributed by atoms with Gasteiger partial charge in [0.25, 0.3) is 0 Å². The van der Waals surface area contributed by atoms with Gasteiger partial charge in [0.1, 0.15) is 17.0 Å². The molecule has 1 unspecified atom stereocenters. The summed E-state index contributed by atoms with van der Waals surface area (Å²) >= 11 is 1.29. The number of furan rings is 1. The summed E-state index contributed by atoms with van der Waals surface area (Å²) in [5.74, 6) is 1.53. The number of ether oxygens (including phenoxy) is 1. The number of carbonyl (C=O) groups is 2. The molecule has 0 saturated carbocycles. The first-order chi connectivity index (χ1) is 15.1. The Kier molecular flexibility index (Phi) is 7.15. The SMILES string of the molecule is Cc1ccc(C(CNC(=O)N2CCC(C(=O)Nc3nncs3)CC2)N2CCOCC2)o1. The van der Waals surface area contributed by atoms with Gasteiger partial charge in [0.15, 0.2) is 0 Å². The van der Waals surface area contributed by atoms with E-state index in [9.17, 15) is 9.59 Å². The number of aromatic nitrogens is 2. The summed E-state index contributed by atoms with van der Waals surface area (Å²) in [6, 6.07) is 3.78. The van der Waals surface area contributed by atoms with E-state index in [2.05, 4.69) is 25.7 Å². The first-order valence-corrected chi connectivity index (χ1v) is 11.5. The second kappa shape index (κ2) is 10.2. The molecule has 2 aliphatic rings. The van der Waals surface area contributed by atoms with E-state index in [1.54, 1.807) is 10.4 Å². The largest absolute Gasteiger partial charge is 0.465 e. The van der Waals surface area contributed by atoms with Crippen LogP contribution in [0.15, 0.2) is 22.1 Å². The van der Waals surface area contributed by atoms with Gasteiger partial charge in [-0.1, -0.05) is 11.3 Å². The normalized spacial score (nSPS) is 19.2. The van der Waals surface area contributed by atoms with Crippen molar-refractivity contribution >= 4 is 28.4 Å². The van der Waals surface area contributed by atoms with Crippen LogP contribution in [0.4, 0.5) is 9.93 Å². The van der Waals surface area contributed by atoms with Crippen LogP contribution in [0.25, 0.3) is 0 Å². The summed E-state index contributed by atoms with van der Waals surface area (Å²) in [4.78, 5) is 29.2. The molecule has 2 aromatic heterocycles. The van der Waals surface area contributed by atoms with E-state index in [0.29, 0.717) is 50.8 Å². The minimum absolute atomic E-state index is 0.0308. The molecule has 0 aliphatic carbocycles. The average molecular weight is 449 g/mol. The molecule has 2 saturated heterocycles. The predicted octanol–water partition coefficient (Wildman–Crippen LogP) is 1.87. The zero-order chi connectivity index (χ0) is 21.6. The van der Waals surface area contributed by atoms with Crippen LogP contribution in [0, 0.1) is 12.8 Å². The summed E-state index contributed by atoms with van der Waals surface area (Å²) in [5, 5.41) is 13.9. The molecule has 2 aromatic rings. The maximum atomic E-state index is 12.8. The van der Waals surface area contributed by atoms with Crippen molar-refractivity contribution in [2.24, 2.45) is 5.92 Å². The quantitative estimate of drug-likeness (QED) is 0.694. The fraction of sp³-hybridized carbons (Fsp3) is 0.600. The Bertz CT molecular complexity index is 859. The van der Waals surface area contributed by atoms with Crippen molar-refractivity contribution in [2.45, 2.75) is 25.8 Å². The molecule has 3 amide bonds. The minimum atomic E-state index is -0.125. The number of aryl methyl sites for hydroxylation is 1. The minimum Gasteiger partial charge on any atom is -0.465 e. The first-order valence-electron chi connectivity index (χ1n) is 10.6. The van der Waals surface area contributed by atoms with Crippen molar-refractivity contribution < 1.29 is 18.7 Å². The van der Waals surface area contributed by atoms with Gasteiger partial charge < -0.3 is 24.7 Å². The number of anilines is 1. The number of nitrogens with zero attached hydrogens (tertiary/aromatic N) is 4. The maximum Gasteiger partial charge on any atom is 0.317 e. The van der Waals surface area contributed by atoms with Crippen LogP contribution in [0.5, 0.6) is 0 Å². The molecular formula is C20H28N6O4S. The molecule has 2 fully saturated rings. The van der Waals surface area contributed by atoms with Crippen LogP contribution in [-0.4, -0.2) is 77.9 Å². The third-order valence-electron chi connectivity index (χ3n) is 5.77. The third kappa shape index (κ3) is 5.60. The molecule has 11 heteroatoms. The summed E-state index contributed by atoms with van der Waals surface area (Å²) < 4.78 is 11.3. The molecule has 31 heavy (non-hydrogen) atoms. The molecule has 2 aliphatic heterocycles. The lowest BCUT2D eigenvalue weighted by atomic mass is 9.96. The van der Waals surface area contributed by atoms with Gasteiger partial charge in [0.05, 0.1) is 19.3 Å². The standard InChI is InChI=1S/C20H28N6O4S/c1-14-2-3-17(30-14)16(25-8-10-29-11-9-25)12-21-20(28)26-6-4-15(5-7-26)18(27)23-19-24-22-13-31-19/h2-3,13,15-16H,4-12H2,1H3,(H,21,28)(H,23,24,27). The van der Waals surface area contributed by atoms with Crippen LogP contribution >= 0.6 is 11.3 Å². The van der Waals surface area contributed by atoms with E-state index < -0.39 is 0 Å². The number of piperidine rings is 1. The molecule has 10 nitrogen and oxygen atoms in total. The lowest BCUT2D eigenvalue weighted by Crippen LogP contribution is -2.49. The Morgan fingerprint density at radius 3 is 2.65 bits per heavy atom. The van der Waals surface area contributed by atoms with Crippen molar-refractivity contribution in [3.05, 3.63) is 29.2 Å². The highest BCUT2D eigenvalue weighted by atomic mass is 32.1. The van der Waals surface area contributed by atoms with Gasteiger partial charge in [-0.05, 0) is 31.9 Å². The number of urea groups is 1. The highest BCUT2D eigenvalue weighted by molar-refractivity contribution is 7.13. The van der Waals surface area contributed by atoms with E-state index in [0.717, 1.165) is 24.6 Å². The lowest BCUT2D eigenvalue weighted by molar-refractivity contribution is -0.121. The Labute approximate surface area is 184 Å². The molecule has 0 spiro atoms. The predicted molar refractivity (Wildman–Crippen MR) is 115 cm³/mol. The van der Waals surface area contributed by atoms with Crippen LogP contribution in [0.1, 0.15) is 30.4 Å². The fourth-order valence-electron chi connectivity index (χ4n) is 4.01. The number of morpholine rings is 1. The molecule has 0 radical (unpaired) electrons. The van der Waals surface area contributed by atoms with Crippen LogP contribution < -0.4 is 10.6 Å². The molecule has 0 aromatic carbocycles. The number of likely N-dealkylation sites (tertiary alicyclic amines) is 1. The van der Waals surface area contributed by atoms with Crippen molar-refractivity contribution in [3.63, 3.8) is 0 Å². The number of rotatable bonds is 6. The Morgan fingerprint density at radius 1 is 1.23 bits per heavy atom. The second-order valence-electron chi connectivity index (χ2n) is 7.79. The van der Waals surface area contributed by atoms with Crippen LogP contribution in [0.2, 0.25) is 0 Å². The fourth-order valence-corrected chi connectivity index (χ4v) is 4.45.